The van der Waals surface area contributed by atoms with Crippen LogP contribution in [0.5, 0.6) is 0 Å². The van der Waals surface area contributed by atoms with Crippen LogP contribution >= 0.6 is 0 Å². The van der Waals surface area contributed by atoms with E-state index < -0.39 is 0 Å². The van der Waals surface area contributed by atoms with Crippen molar-refractivity contribution < 1.29 is 21.7 Å². The molecule has 0 spiro atoms. The molecular formula is C14H30Ti+2. The first-order chi connectivity index (χ1) is 7.00. The van der Waals surface area contributed by atoms with Crippen molar-refractivity contribution in [3.05, 3.63) is 13.8 Å². The molecule has 2 fully saturated rings. The molecule has 0 heterocycles. The van der Waals surface area contributed by atoms with Gasteiger partial charge in [0.15, 0.2) is 0 Å². The summed E-state index contributed by atoms with van der Waals surface area (Å²) in [6, 6.07) is 0. The predicted molar refractivity (Wildman–Crippen MR) is 68.2 cm³/mol. The van der Waals surface area contributed by atoms with Gasteiger partial charge in [-0.15, -0.1) is 0 Å². The second kappa shape index (κ2) is 24.1. The maximum atomic E-state index is 3.25. The van der Waals surface area contributed by atoms with Crippen molar-refractivity contribution in [3.63, 3.8) is 0 Å². The first-order valence-corrected chi connectivity index (χ1v) is 6.41. The van der Waals surface area contributed by atoms with Gasteiger partial charge in [0.25, 0.3) is 0 Å². The Kier molecular flexibility index (Phi) is 33.8. The van der Waals surface area contributed by atoms with Gasteiger partial charge in [-0.05, 0) is 0 Å². The van der Waals surface area contributed by atoms with Crippen LogP contribution in [-0.2, 0) is 21.7 Å². The van der Waals surface area contributed by atoms with Crippen LogP contribution in [0.1, 0.15) is 78.1 Å². The third-order valence-electron chi connectivity index (χ3n) is 2.50. The molecule has 2 rings (SSSR count). The van der Waals surface area contributed by atoms with Crippen LogP contribution in [0.3, 0.4) is 0 Å². The van der Waals surface area contributed by atoms with E-state index in [1.54, 1.807) is 13.8 Å². The van der Waals surface area contributed by atoms with E-state index in [1.165, 1.54) is 64.2 Å². The molecule has 2 aliphatic rings. The number of hydrogen-bond acceptors (Lipinski definition) is 0. The van der Waals surface area contributed by atoms with Gasteiger partial charge in [-0.25, -0.2) is 0 Å². The smallest absolute Gasteiger partial charge is 0.346 e. The monoisotopic (exact) mass is 246 g/mol. The molecule has 88 valence electrons. The van der Waals surface area contributed by atoms with Crippen molar-refractivity contribution in [2.24, 2.45) is 0 Å². The van der Waals surface area contributed by atoms with Gasteiger partial charge in [-0.3, -0.25) is 0 Å². The van der Waals surface area contributed by atoms with Crippen molar-refractivity contribution in [3.8, 4) is 0 Å². The van der Waals surface area contributed by atoms with Gasteiger partial charge in [-0.1, -0.05) is 64.2 Å². The van der Waals surface area contributed by atoms with Gasteiger partial charge in [0.1, 0.15) is 0 Å². The summed E-state index contributed by atoms with van der Waals surface area (Å²) < 4.78 is 0. The summed E-state index contributed by atoms with van der Waals surface area (Å²) >= 11 is 0. The molecule has 0 bridgehead atoms. The minimum absolute atomic E-state index is 0. The average Bonchev–Trinajstić information content (AvgIpc) is 3.01. The van der Waals surface area contributed by atoms with Crippen LogP contribution in [0.2, 0.25) is 0 Å². The Labute approximate surface area is 113 Å². The normalized spacial score (nSPS) is 16.8. The van der Waals surface area contributed by atoms with Crippen LogP contribution in [-0.4, -0.2) is 0 Å². The first-order valence-electron chi connectivity index (χ1n) is 6.41. The molecule has 0 aromatic heterocycles. The maximum Gasteiger partial charge on any atom is 4.00 e. The summed E-state index contributed by atoms with van der Waals surface area (Å²) in [6.07, 6.45) is 15.0. The Morgan fingerprint density at radius 1 is 0.400 bits per heavy atom. The van der Waals surface area contributed by atoms with Crippen LogP contribution in [0, 0.1) is 13.8 Å². The van der Waals surface area contributed by atoms with Crippen molar-refractivity contribution in [2.45, 2.75) is 78.1 Å². The molecular weight excluding hydrogens is 216 g/mol. The molecule has 0 nitrogen and oxygen atoms in total. The zero-order chi connectivity index (χ0) is 11.1. The quantitative estimate of drug-likeness (QED) is 0.386. The van der Waals surface area contributed by atoms with E-state index in [9.17, 15) is 0 Å². The largest absolute Gasteiger partial charge is 4.00 e. The molecule has 0 N–H and O–H groups in total. The third-order valence-corrected chi connectivity index (χ3v) is 2.50. The molecule has 2 saturated carbocycles. The Hall–Kier alpha value is 0.714. The van der Waals surface area contributed by atoms with Crippen LogP contribution in [0.4, 0.5) is 0 Å². The van der Waals surface area contributed by atoms with Crippen LogP contribution in [0.25, 0.3) is 0 Å². The van der Waals surface area contributed by atoms with E-state index >= 15 is 0 Å². The Balaban J connectivity index is -0.000000138. The zero-order valence-electron chi connectivity index (χ0n) is 11.0. The molecule has 0 radical (unpaired) electrons. The SMILES string of the molecule is C1CCCC1.C1CCCC1.[CH2-]C.[CH2-]C.[Ti+4]. The van der Waals surface area contributed by atoms with Crippen molar-refractivity contribution in [1.82, 2.24) is 0 Å². The molecule has 0 aromatic carbocycles. The summed E-state index contributed by atoms with van der Waals surface area (Å²) in [5, 5.41) is 0. The predicted octanol–water partition coefficient (Wildman–Crippen LogP) is 5.58. The van der Waals surface area contributed by atoms with Gasteiger partial charge in [0.05, 0.1) is 0 Å². The van der Waals surface area contributed by atoms with Crippen molar-refractivity contribution in [1.29, 1.82) is 0 Å². The molecule has 15 heavy (non-hydrogen) atoms. The van der Waals surface area contributed by atoms with Gasteiger partial charge >= 0.3 is 21.7 Å². The molecule has 0 aliphatic heterocycles. The topological polar surface area (TPSA) is 0 Å². The first kappa shape index (κ1) is 21.0. The Bertz CT molecular complexity index is 38.5. The summed E-state index contributed by atoms with van der Waals surface area (Å²) in [7, 11) is 0. The molecule has 0 saturated heterocycles. The van der Waals surface area contributed by atoms with E-state index in [0.717, 1.165) is 0 Å². The zero-order valence-corrected chi connectivity index (χ0v) is 12.5. The van der Waals surface area contributed by atoms with E-state index in [0.29, 0.717) is 0 Å². The Morgan fingerprint density at radius 3 is 0.533 bits per heavy atom. The second-order valence-corrected chi connectivity index (χ2v) is 3.54. The minimum Gasteiger partial charge on any atom is -0.346 e. The fourth-order valence-corrected chi connectivity index (χ4v) is 1.77. The molecule has 0 atom stereocenters. The molecule has 2 aliphatic carbocycles. The van der Waals surface area contributed by atoms with E-state index in [-0.39, 0.29) is 21.7 Å². The fraction of sp³-hybridized carbons (Fsp3) is 0.857. The molecule has 0 unspecified atom stereocenters. The van der Waals surface area contributed by atoms with Crippen molar-refractivity contribution >= 4 is 0 Å². The molecule has 1 heteroatoms. The number of hydrogen-bond donors (Lipinski definition) is 0. The van der Waals surface area contributed by atoms with Gasteiger partial charge in [-0.2, -0.15) is 13.8 Å². The maximum absolute atomic E-state index is 3.25. The van der Waals surface area contributed by atoms with Crippen molar-refractivity contribution in [2.75, 3.05) is 0 Å². The second-order valence-electron chi connectivity index (χ2n) is 3.54. The average molecular weight is 246 g/mol. The number of rotatable bonds is 0. The third kappa shape index (κ3) is 20.7. The van der Waals surface area contributed by atoms with Gasteiger partial charge < -0.3 is 13.8 Å². The summed E-state index contributed by atoms with van der Waals surface area (Å²) in [5.41, 5.74) is 0. The molecule has 0 aromatic rings. The van der Waals surface area contributed by atoms with E-state index in [4.69, 9.17) is 0 Å². The fourth-order valence-electron chi connectivity index (χ4n) is 1.77. The van der Waals surface area contributed by atoms with E-state index in [2.05, 4.69) is 13.8 Å². The summed E-state index contributed by atoms with van der Waals surface area (Å²) in [4.78, 5) is 0. The minimum atomic E-state index is 0. The standard InChI is InChI=1S/2C5H10.2C2H5.Ti/c2*1-2-4-5-3-1;2*1-2;/h2*1-5H2;2*1H2,2H3;/q;;2*-1;+4. The van der Waals surface area contributed by atoms with Crippen LogP contribution in [0.15, 0.2) is 0 Å². The van der Waals surface area contributed by atoms with E-state index in [1.807, 2.05) is 0 Å². The van der Waals surface area contributed by atoms with Gasteiger partial charge in [0, 0.05) is 0 Å². The molecule has 0 amide bonds. The summed E-state index contributed by atoms with van der Waals surface area (Å²) in [5.74, 6) is 0. The Morgan fingerprint density at radius 2 is 0.467 bits per heavy atom. The summed E-state index contributed by atoms with van der Waals surface area (Å²) in [6.45, 7) is 10.0. The van der Waals surface area contributed by atoms with Crippen LogP contribution < -0.4 is 0 Å². The van der Waals surface area contributed by atoms with Gasteiger partial charge in [0.2, 0.25) is 0 Å².